The first-order chi connectivity index (χ1) is 9.52. The maximum absolute atomic E-state index is 12.1. The molecule has 0 radical (unpaired) electrons. The molecule has 0 N–H and O–H groups in total. The Morgan fingerprint density at radius 3 is 1.60 bits per heavy atom. The van der Waals surface area contributed by atoms with Crippen molar-refractivity contribution in [3.05, 3.63) is 24.3 Å². The molecule has 1 aromatic carbocycles. The van der Waals surface area contributed by atoms with Gasteiger partial charge >= 0.3 is 0 Å². The molecule has 2 amide bonds. The molecule has 0 saturated carbocycles. The number of fused-ring (bicyclic) bond motifs is 1. The normalized spacial score (nSPS) is 21.6. The number of anilines is 2. The van der Waals surface area contributed by atoms with Crippen molar-refractivity contribution in [3.63, 3.8) is 0 Å². The number of hydrogen-bond donors (Lipinski definition) is 0. The molecule has 1 heterocycles. The number of carbonyl (C=O) groups is 2. The first-order valence-electron chi connectivity index (χ1n) is 6.38. The van der Waals surface area contributed by atoms with E-state index in [1.54, 1.807) is 9.80 Å². The molecule has 0 bridgehead atoms. The van der Waals surface area contributed by atoms with Crippen LogP contribution in [0.1, 0.15) is 13.8 Å². The second kappa shape index (κ2) is 6.02. The van der Waals surface area contributed by atoms with Crippen LogP contribution in [-0.2, 0) is 9.59 Å². The number of amides is 2. The summed E-state index contributed by atoms with van der Waals surface area (Å²) in [6.45, 7) is 3.80. The minimum Gasteiger partial charge on any atom is -0.304 e. The standard InChI is InChI=1S/C14H16Cl2N2O2/c1-9-10(2)18(14(20)8-16)12-6-4-3-5-11(12)17(9)13(19)7-15/h3-6,9-10H,7-8H2,1-2H3/t9-,10+. The molecule has 0 aromatic heterocycles. The van der Waals surface area contributed by atoms with Crippen LogP contribution in [-0.4, -0.2) is 35.7 Å². The molecule has 0 aliphatic carbocycles. The molecule has 2 atom stereocenters. The SMILES string of the molecule is C[C@@H]1[C@H](C)N(C(=O)CCl)c2ccccc2N1C(=O)CCl. The topological polar surface area (TPSA) is 40.6 Å². The van der Waals surface area contributed by atoms with Crippen LogP contribution in [0.2, 0.25) is 0 Å². The Morgan fingerprint density at radius 2 is 1.30 bits per heavy atom. The van der Waals surface area contributed by atoms with Gasteiger partial charge in [0.05, 0.1) is 23.5 Å². The largest absolute Gasteiger partial charge is 0.304 e. The van der Waals surface area contributed by atoms with Crippen LogP contribution in [0.15, 0.2) is 24.3 Å². The number of carbonyl (C=O) groups excluding carboxylic acids is 2. The molecule has 0 saturated heterocycles. The van der Waals surface area contributed by atoms with Crippen LogP contribution in [0, 0.1) is 0 Å². The molecule has 0 unspecified atom stereocenters. The van der Waals surface area contributed by atoms with E-state index in [0.717, 1.165) is 0 Å². The molecular weight excluding hydrogens is 299 g/mol. The van der Waals surface area contributed by atoms with Gasteiger partial charge in [0.1, 0.15) is 11.8 Å². The van der Waals surface area contributed by atoms with E-state index in [1.807, 2.05) is 38.1 Å². The fraction of sp³-hybridized carbons (Fsp3) is 0.429. The number of hydrogen-bond acceptors (Lipinski definition) is 2. The Labute approximate surface area is 128 Å². The quantitative estimate of drug-likeness (QED) is 0.787. The lowest BCUT2D eigenvalue weighted by Gasteiger charge is -2.45. The Hall–Kier alpha value is -1.26. The van der Waals surface area contributed by atoms with Gasteiger partial charge in [-0.15, -0.1) is 23.2 Å². The Morgan fingerprint density at radius 1 is 0.950 bits per heavy atom. The molecule has 1 aromatic rings. The Bertz CT molecular complexity index is 489. The minimum atomic E-state index is -0.170. The van der Waals surface area contributed by atoms with Crippen LogP contribution < -0.4 is 9.80 Å². The van der Waals surface area contributed by atoms with Crippen molar-refractivity contribution in [2.24, 2.45) is 0 Å². The van der Waals surface area contributed by atoms with Gasteiger partial charge in [-0.05, 0) is 26.0 Å². The summed E-state index contributed by atoms with van der Waals surface area (Å²) in [7, 11) is 0. The Kier molecular flexibility index (Phi) is 4.55. The van der Waals surface area contributed by atoms with Crippen molar-refractivity contribution in [3.8, 4) is 0 Å². The van der Waals surface area contributed by atoms with Crippen LogP contribution in [0.4, 0.5) is 11.4 Å². The molecule has 6 heteroatoms. The first-order valence-corrected chi connectivity index (χ1v) is 7.45. The third kappa shape index (κ3) is 2.38. The van der Waals surface area contributed by atoms with E-state index in [-0.39, 0.29) is 35.7 Å². The predicted octanol–water partition coefficient (Wildman–Crippen LogP) is 2.62. The Balaban J connectivity index is 2.57. The van der Waals surface area contributed by atoms with Crippen molar-refractivity contribution in [1.82, 2.24) is 0 Å². The molecule has 20 heavy (non-hydrogen) atoms. The molecule has 108 valence electrons. The van der Waals surface area contributed by atoms with E-state index >= 15 is 0 Å². The van der Waals surface area contributed by atoms with Crippen molar-refractivity contribution in [2.75, 3.05) is 21.6 Å². The van der Waals surface area contributed by atoms with Crippen LogP contribution in [0.5, 0.6) is 0 Å². The maximum atomic E-state index is 12.1. The zero-order valence-corrected chi connectivity index (χ0v) is 12.9. The molecule has 1 aliphatic heterocycles. The average molecular weight is 315 g/mol. The monoisotopic (exact) mass is 314 g/mol. The number of rotatable bonds is 2. The number of halogens is 2. The number of benzene rings is 1. The maximum Gasteiger partial charge on any atom is 0.242 e. The lowest BCUT2D eigenvalue weighted by molar-refractivity contribution is -0.119. The summed E-state index contributed by atoms with van der Waals surface area (Å²) in [5.41, 5.74) is 1.39. The fourth-order valence-corrected chi connectivity index (χ4v) is 2.85. The van der Waals surface area contributed by atoms with Crippen molar-refractivity contribution < 1.29 is 9.59 Å². The number of para-hydroxylation sites is 2. The predicted molar refractivity (Wildman–Crippen MR) is 81.8 cm³/mol. The van der Waals surface area contributed by atoms with Gasteiger partial charge in [0.15, 0.2) is 0 Å². The summed E-state index contributed by atoms with van der Waals surface area (Å²) in [5, 5.41) is 0. The molecule has 2 rings (SSSR count). The highest BCUT2D eigenvalue weighted by Gasteiger charge is 2.39. The van der Waals surface area contributed by atoms with Gasteiger partial charge in [0.2, 0.25) is 11.8 Å². The lowest BCUT2D eigenvalue weighted by Crippen LogP contribution is -2.58. The van der Waals surface area contributed by atoms with E-state index in [0.29, 0.717) is 11.4 Å². The van der Waals surface area contributed by atoms with E-state index in [2.05, 4.69) is 0 Å². The lowest BCUT2D eigenvalue weighted by atomic mass is 10.0. The molecule has 0 fully saturated rings. The van der Waals surface area contributed by atoms with Gasteiger partial charge in [-0.3, -0.25) is 9.59 Å². The van der Waals surface area contributed by atoms with Gasteiger partial charge in [-0.2, -0.15) is 0 Å². The highest BCUT2D eigenvalue weighted by Crippen LogP contribution is 2.38. The smallest absolute Gasteiger partial charge is 0.242 e. The summed E-state index contributed by atoms with van der Waals surface area (Å²) in [4.78, 5) is 27.5. The first kappa shape index (κ1) is 15.1. The van der Waals surface area contributed by atoms with Gasteiger partial charge < -0.3 is 9.80 Å². The van der Waals surface area contributed by atoms with Gasteiger partial charge in [-0.25, -0.2) is 0 Å². The zero-order valence-electron chi connectivity index (χ0n) is 11.3. The third-order valence-corrected chi connectivity index (χ3v) is 4.14. The van der Waals surface area contributed by atoms with Crippen molar-refractivity contribution in [1.29, 1.82) is 0 Å². The van der Waals surface area contributed by atoms with E-state index in [9.17, 15) is 9.59 Å². The summed E-state index contributed by atoms with van der Waals surface area (Å²) in [5.74, 6) is -0.517. The van der Waals surface area contributed by atoms with Crippen molar-refractivity contribution in [2.45, 2.75) is 25.9 Å². The van der Waals surface area contributed by atoms with Crippen LogP contribution >= 0.6 is 23.2 Å². The van der Waals surface area contributed by atoms with E-state index in [1.165, 1.54) is 0 Å². The molecule has 4 nitrogen and oxygen atoms in total. The zero-order chi connectivity index (χ0) is 14.9. The molecular formula is C14H16Cl2N2O2. The highest BCUT2D eigenvalue weighted by molar-refractivity contribution is 6.31. The van der Waals surface area contributed by atoms with Crippen LogP contribution in [0.3, 0.4) is 0 Å². The number of nitrogens with zero attached hydrogens (tertiary/aromatic N) is 2. The molecule has 1 aliphatic rings. The second-order valence-corrected chi connectivity index (χ2v) is 5.30. The van der Waals surface area contributed by atoms with E-state index in [4.69, 9.17) is 23.2 Å². The van der Waals surface area contributed by atoms with E-state index < -0.39 is 0 Å². The van der Waals surface area contributed by atoms with Gasteiger partial charge in [0.25, 0.3) is 0 Å². The van der Waals surface area contributed by atoms with Crippen LogP contribution in [0.25, 0.3) is 0 Å². The summed E-state index contributed by atoms with van der Waals surface area (Å²) < 4.78 is 0. The summed E-state index contributed by atoms with van der Waals surface area (Å²) in [6, 6.07) is 6.97. The summed E-state index contributed by atoms with van der Waals surface area (Å²) >= 11 is 11.4. The highest BCUT2D eigenvalue weighted by atomic mass is 35.5. The summed E-state index contributed by atoms with van der Waals surface area (Å²) in [6.07, 6.45) is 0. The fourth-order valence-electron chi connectivity index (χ4n) is 2.59. The average Bonchev–Trinajstić information content (AvgIpc) is 2.47. The third-order valence-electron chi connectivity index (χ3n) is 3.68. The van der Waals surface area contributed by atoms with Gasteiger partial charge in [-0.1, -0.05) is 12.1 Å². The number of alkyl halides is 2. The molecule has 0 spiro atoms. The van der Waals surface area contributed by atoms with Gasteiger partial charge in [0, 0.05) is 0 Å². The van der Waals surface area contributed by atoms with Crippen molar-refractivity contribution >= 4 is 46.4 Å². The second-order valence-electron chi connectivity index (χ2n) is 4.76. The minimum absolute atomic E-state index is 0.0884.